The number of hydrogen-bond donors (Lipinski definition) is 1. The van der Waals surface area contributed by atoms with Crippen LogP contribution < -0.4 is 5.73 Å². The zero-order chi connectivity index (χ0) is 19.0. The molecule has 0 aromatic heterocycles. The van der Waals surface area contributed by atoms with E-state index in [0.717, 1.165) is 10.5 Å². The van der Waals surface area contributed by atoms with E-state index in [1.54, 1.807) is 29.2 Å². The predicted molar refractivity (Wildman–Crippen MR) is 107 cm³/mol. The quantitative estimate of drug-likeness (QED) is 0.796. The Bertz CT molecular complexity index is 868. The zero-order valence-corrected chi connectivity index (χ0v) is 16.1. The molecule has 2 N–H and O–H groups in total. The lowest BCUT2D eigenvalue weighted by atomic mass is 9.89. The average Bonchev–Trinajstić information content (AvgIpc) is 3.25. The lowest BCUT2D eigenvalue weighted by Crippen LogP contribution is -2.42. The van der Waals surface area contributed by atoms with Gasteiger partial charge in [-0.25, -0.2) is 0 Å². The van der Waals surface area contributed by atoms with Crippen molar-refractivity contribution in [2.24, 2.45) is 11.7 Å². The average molecular weight is 400 g/mol. The molecule has 0 saturated carbocycles. The summed E-state index contributed by atoms with van der Waals surface area (Å²) in [6, 6.07) is 16.7. The Morgan fingerprint density at radius 2 is 1.50 bits per heavy atom. The van der Waals surface area contributed by atoms with Crippen LogP contribution in [0.2, 0.25) is 0 Å². The molecular formula is C21H22ClN3O3. The second kappa shape index (κ2) is 8.12. The summed E-state index contributed by atoms with van der Waals surface area (Å²) in [5.74, 6) is -0.696. The molecule has 2 aliphatic heterocycles. The van der Waals surface area contributed by atoms with Crippen molar-refractivity contribution in [1.82, 2.24) is 9.80 Å². The fourth-order valence-corrected chi connectivity index (χ4v) is 4.01. The number of rotatable bonds is 4. The molecule has 2 aliphatic rings. The van der Waals surface area contributed by atoms with E-state index in [4.69, 9.17) is 5.73 Å². The fraction of sp³-hybridized carbons (Fsp3) is 0.286. The molecule has 2 aromatic carbocycles. The maximum atomic E-state index is 12.8. The Balaban J connectivity index is 0.00000225. The number of carbonyl (C=O) groups is 3. The highest BCUT2D eigenvalue weighted by atomic mass is 35.5. The van der Waals surface area contributed by atoms with Crippen molar-refractivity contribution in [3.8, 4) is 0 Å². The Morgan fingerprint density at radius 1 is 0.929 bits per heavy atom. The van der Waals surface area contributed by atoms with Gasteiger partial charge in [0.15, 0.2) is 0 Å². The monoisotopic (exact) mass is 399 g/mol. The molecule has 146 valence electrons. The van der Waals surface area contributed by atoms with Gasteiger partial charge in [-0.3, -0.25) is 19.3 Å². The number of hydrogen-bond acceptors (Lipinski definition) is 4. The van der Waals surface area contributed by atoms with Crippen molar-refractivity contribution in [2.75, 3.05) is 26.2 Å². The molecule has 2 aromatic rings. The number of fused-ring (bicyclic) bond motifs is 1. The molecule has 1 saturated heterocycles. The first kappa shape index (κ1) is 20.0. The van der Waals surface area contributed by atoms with E-state index in [-0.39, 0.29) is 36.7 Å². The smallest absolute Gasteiger partial charge is 0.262 e. The van der Waals surface area contributed by atoms with Crippen molar-refractivity contribution in [3.63, 3.8) is 0 Å². The van der Waals surface area contributed by atoms with Gasteiger partial charge in [-0.2, -0.15) is 0 Å². The molecule has 7 heteroatoms. The summed E-state index contributed by atoms with van der Waals surface area (Å²) >= 11 is 0. The van der Waals surface area contributed by atoms with Crippen LogP contribution in [-0.4, -0.2) is 53.7 Å². The molecule has 1 fully saturated rings. The minimum atomic E-state index is -0.405. The lowest BCUT2D eigenvalue weighted by molar-refractivity contribution is -0.130. The molecule has 0 bridgehead atoms. The second-order valence-corrected chi connectivity index (χ2v) is 7.05. The van der Waals surface area contributed by atoms with E-state index >= 15 is 0 Å². The van der Waals surface area contributed by atoms with Gasteiger partial charge in [0.1, 0.15) is 6.54 Å². The highest BCUT2D eigenvalue weighted by molar-refractivity contribution is 6.22. The lowest BCUT2D eigenvalue weighted by Gasteiger charge is -2.20. The van der Waals surface area contributed by atoms with E-state index in [1.807, 2.05) is 30.3 Å². The van der Waals surface area contributed by atoms with E-state index in [0.29, 0.717) is 30.8 Å². The van der Waals surface area contributed by atoms with Crippen LogP contribution in [0.3, 0.4) is 0 Å². The Hall–Kier alpha value is -2.70. The summed E-state index contributed by atoms with van der Waals surface area (Å²) in [5.41, 5.74) is 7.81. The standard InChI is InChI=1S/C21H21N3O3.ClH/c22-10-15-11-23(12-18(15)14-6-2-1-3-7-14)19(25)13-24-20(26)16-8-4-5-9-17(16)21(24)27;/h1-9,15,18H,10-13,22H2;1H/t15-,18+;/m1./s1. The molecule has 6 nitrogen and oxygen atoms in total. The van der Waals surface area contributed by atoms with Gasteiger partial charge < -0.3 is 10.6 Å². The maximum Gasteiger partial charge on any atom is 0.262 e. The van der Waals surface area contributed by atoms with Gasteiger partial charge in [0, 0.05) is 19.0 Å². The Kier molecular flexibility index (Phi) is 5.82. The van der Waals surface area contributed by atoms with Crippen molar-refractivity contribution < 1.29 is 14.4 Å². The number of imide groups is 1. The van der Waals surface area contributed by atoms with Crippen LogP contribution in [0.5, 0.6) is 0 Å². The van der Waals surface area contributed by atoms with Crippen LogP contribution in [0.4, 0.5) is 0 Å². The Labute approximate surface area is 169 Å². The number of halogens is 1. The minimum absolute atomic E-state index is 0. The third-order valence-electron chi connectivity index (χ3n) is 5.50. The molecule has 0 aliphatic carbocycles. The molecule has 2 heterocycles. The van der Waals surface area contributed by atoms with Crippen LogP contribution in [0.15, 0.2) is 54.6 Å². The molecule has 2 atom stereocenters. The number of nitrogens with two attached hydrogens (primary N) is 1. The number of carbonyl (C=O) groups excluding carboxylic acids is 3. The van der Waals surface area contributed by atoms with Crippen LogP contribution in [0, 0.1) is 5.92 Å². The third kappa shape index (κ3) is 3.41. The van der Waals surface area contributed by atoms with Crippen LogP contribution in [0.1, 0.15) is 32.2 Å². The van der Waals surface area contributed by atoms with E-state index in [1.165, 1.54) is 0 Å². The first-order chi connectivity index (χ1) is 13.1. The third-order valence-corrected chi connectivity index (χ3v) is 5.50. The molecule has 4 rings (SSSR count). The topological polar surface area (TPSA) is 83.7 Å². The molecule has 0 radical (unpaired) electrons. The van der Waals surface area contributed by atoms with Gasteiger partial charge >= 0.3 is 0 Å². The summed E-state index contributed by atoms with van der Waals surface area (Å²) in [5, 5.41) is 0. The van der Waals surface area contributed by atoms with Crippen molar-refractivity contribution >= 4 is 30.1 Å². The van der Waals surface area contributed by atoms with Crippen molar-refractivity contribution in [1.29, 1.82) is 0 Å². The normalized spacial score (nSPS) is 20.9. The molecule has 3 amide bonds. The van der Waals surface area contributed by atoms with Crippen molar-refractivity contribution in [3.05, 3.63) is 71.3 Å². The molecule has 28 heavy (non-hydrogen) atoms. The first-order valence-corrected chi connectivity index (χ1v) is 9.08. The Morgan fingerprint density at radius 3 is 2.07 bits per heavy atom. The predicted octanol–water partition coefficient (Wildman–Crippen LogP) is 1.91. The zero-order valence-electron chi connectivity index (χ0n) is 15.3. The van der Waals surface area contributed by atoms with Crippen LogP contribution in [0.25, 0.3) is 0 Å². The van der Waals surface area contributed by atoms with E-state index in [2.05, 4.69) is 0 Å². The SMILES string of the molecule is Cl.NC[C@@H]1CN(C(=O)CN2C(=O)c3ccccc3C2=O)C[C@H]1c1ccccc1. The summed E-state index contributed by atoms with van der Waals surface area (Å²) in [4.78, 5) is 40.5. The minimum Gasteiger partial charge on any atom is -0.340 e. The summed E-state index contributed by atoms with van der Waals surface area (Å²) in [6.45, 7) is 1.34. The van der Waals surface area contributed by atoms with Gasteiger partial charge in [-0.15, -0.1) is 12.4 Å². The first-order valence-electron chi connectivity index (χ1n) is 9.08. The number of nitrogens with zero attached hydrogens (tertiary/aromatic N) is 2. The fourth-order valence-electron chi connectivity index (χ4n) is 4.01. The summed E-state index contributed by atoms with van der Waals surface area (Å²) in [7, 11) is 0. The van der Waals surface area contributed by atoms with Crippen LogP contribution in [-0.2, 0) is 4.79 Å². The van der Waals surface area contributed by atoms with Gasteiger partial charge in [0.05, 0.1) is 11.1 Å². The molecule has 0 spiro atoms. The number of amides is 3. The number of likely N-dealkylation sites (tertiary alicyclic amines) is 1. The summed E-state index contributed by atoms with van der Waals surface area (Å²) in [6.07, 6.45) is 0. The largest absolute Gasteiger partial charge is 0.340 e. The highest BCUT2D eigenvalue weighted by Gasteiger charge is 2.40. The van der Waals surface area contributed by atoms with Gasteiger partial charge in [0.25, 0.3) is 11.8 Å². The van der Waals surface area contributed by atoms with Crippen LogP contribution >= 0.6 is 12.4 Å². The number of benzene rings is 2. The molecular weight excluding hydrogens is 378 g/mol. The van der Waals surface area contributed by atoms with E-state index < -0.39 is 11.8 Å². The van der Waals surface area contributed by atoms with Gasteiger partial charge in [-0.05, 0) is 30.2 Å². The maximum absolute atomic E-state index is 12.8. The van der Waals surface area contributed by atoms with Crippen molar-refractivity contribution in [2.45, 2.75) is 5.92 Å². The van der Waals surface area contributed by atoms with Gasteiger partial charge in [-0.1, -0.05) is 42.5 Å². The van der Waals surface area contributed by atoms with E-state index in [9.17, 15) is 14.4 Å². The molecule has 0 unspecified atom stereocenters. The second-order valence-electron chi connectivity index (χ2n) is 7.05. The summed E-state index contributed by atoms with van der Waals surface area (Å²) < 4.78 is 0. The van der Waals surface area contributed by atoms with Gasteiger partial charge in [0.2, 0.25) is 5.91 Å². The highest BCUT2D eigenvalue weighted by Crippen LogP contribution is 2.32.